The van der Waals surface area contributed by atoms with Gasteiger partial charge in [0, 0.05) is 50.0 Å². The van der Waals surface area contributed by atoms with Crippen LogP contribution in [0.3, 0.4) is 0 Å². The molecule has 0 aromatic heterocycles. The Balaban J connectivity index is 1.67. The molecule has 0 spiro atoms. The highest BCUT2D eigenvalue weighted by molar-refractivity contribution is 6.30. The molecule has 0 unspecified atom stereocenters. The quantitative estimate of drug-likeness (QED) is 0.787. The zero-order valence-corrected chi connectivity index (χ0v) is 15.4. The number of halogens is 1. The molecule has 6 heteroatoms. The van der Waals surface area contributed by atoms with E-state index in [0.717, 1.165) is 44.2 Å². The first-order valence-corrected chi connectivity index (χ1v) is 9.09. The second kappa shape index (κ2) is 9.25. The standard InChI is InChI=1S/C18H29ClN4O/c1-14(2)12-17(20)18(24)21-6-7-22-8-10-23(11-9-22)16-5-3-4-15(19)13-16/h3-5,13-14,17H,6-12,20H2,1-2H3,(H,21,24)/t17-/m0/s1. The van der Waals surface area contributed by atoms with Gasteiger partial charge in [0.05, 0.1) is 6.04 Å². The predicted octanol–water partition coefficient (Wildman–Crippen LogP) is 1.95. The summed E-state index contributed by atoms with van der Waals surface area (Å²) < 4.78 is 0. The molecule has 0 saturated carbocycles. The summed E-state index contributed by atoms with van der Waals surface area (Å²) in [4.78, 5) is 16.6. The van der Waals surface area contributed by atoms with Crippen molar-refractivity contribution < 1.29 is 4.79 Å². The highest BCUT2D eigenvalue weighted by atomic mass is 35.5. The van der Waals surface area contributed by atoms with Crippen molar-refractivity contribution in [3.05, 3.63) is 29.3 Å². The minimum absolute atomic E-state index is 0.0405. The average molecular weight is 353 g/mol. The Kier molecular flexibility index (Phi) is 7.34. The largest absolute Gasteiger partial charge is 0.369 e. The lowest BCUT2D eigenvalue weighted by atomic mass is 10.0. The molecule has 2 rings (SSSR count). The number of carbonyl (C=O) groups is 1. The van der Waals surface area contributed by atoms with Crippen LogP contribution in [0.1, 0.15) is 20.3 Å². The summed E-state index contributed by atoms with van der Waals surface area (Å²) in [5, 5.41) is 3.72. The second-order valence-corrected chi connectivity index (χ2v) is 7.27. The summed E-state index contributed by atoms with van der Waals surface area (Å²) in [7, 11) is 0. The summed E-state index contributed by atoms with van der Waals surface area (Å²) in [6.45, 7) is 9.59. The maximum atomic E-state index is 11.9. The third-order valence-corrected chi connectivity index (χ3v) is 4.57. The Bertz CT molecular complexity index is 530. The van der Waals surface area contributed by atoms with Gasteiger partial charge in [-0.05, 0) is 30.5 Å². The van der Waals surface area contributed by atoms with E-state index in [1.807, 2.05) is 18.2 Å². The fourth-order valence-corrected chi connectivity index (χ4v) is 3.17. The maximum absolute atomic E-state index is 11.9. The Labute approximate surface area is 150 Å². The lowest BCUT2D eigenvalue weighted by molar-refractivity contribution is -0.122. The highest BCUT2D eigenvalue weighted by Gasteiger charge is 2.18. The van der Waals surface area contributed by atoms with Gasteiger partial charge in [0.25, 0.3) is 0 Å². The zero-order valence-electron chi connectivity index (χ0n) is 14.7. The Hall–Kier alpha value is -1.30. The molecule has 1 saturated heterocycles. The van der Waals surface area contributed by atoms with E-state index in [-0.39, 0.29) is 5.91 Å². The molecule has 1 heterocycles. The summed E-state index contributed by atoms with van der Waals surface area (Å²) in [6.07, 6.45) is 0.726. The van der Waals surface area contributed by atoms with Crippen LogP contribution < -0.4 is 16.0 Å². The average Bonchev–Trinajstić information content (AvgIpc) is 2.54. The van der Waals surface area contributed by atoms with E-state index in [1.165, 1.54) is 5.69 Å². The first-order valence-electron chi connectivity index (χ1n) is 8.72. The number of nitrogens with two attached hydrogens (primary N) is 1. The fraction of sp³-hybridized carbons (Fsp3) is 0.611. The van der Waals surface area contributed by atoms with Crippen molar-refractivity contribution >= 4 is 23.2 Å². The predicted molar refractivity (Wildman–Crippen MR) is 101 cm³/mol. The number of hydrogen-bond acceptors (Lipinski definition) is 4. The monoisotopic (exact) mass is 352 g/mol. The van der Waals surface area contributed by atoms with E-state index in [1.54, 1.807) is 0 Å². The Morgan fingerprint density at radius 2 is 2.00 bits per heavy atom. The summed E-state index contributed by atoms with van der Waals surface area (Å²) >= 11 is 6.06. The van der Waals surface area contributed by atoms with Gasteiger partial charge in [0.15, 0.2) is 0 Å². The molecule has 0 radical (unpaired) electrons. The molecule has 134 valence electrons. The van der Waals surface area contributed by atoms with Gasteiger partial charge in [-0.2, -0.15) is 0 Å². The van der Waals surface area contributed by atoms with Gasteiger partial charge >= 0.3 is 0 Å². The van der Waals surface area contributed by atoms with E-state index in [4.69, 9.17) is 17.3 Å². The van der Waals surface area contributed by atoms with Gasteiger partial charge in [-0.3, -0.25) is 9.69 Å². The first-order chi connectivity index (χ1) is 11.5. The van der Waals surface area contributed by atoms with Crippen molar-refractivity contribution in [2.75, 3.05) is 44.2 Å². The molecule has 5 nitrogen and oxygen atoms in total. The number of piperazine rings is 1. The number of carbonyl (C=O) groups excluding carboxylic acids is 1. The van der Waals surface area contributed by atoms with Crippen LogP contribution in [0.5, 0.6) is 0 Å². The first kappa shape index (κ1) is 19.0. The van der Waals surface area contributed by atoms with Crippen molar-refractivity contribution in [1.29, 1.82) is 0 Å². The van der Waals surface area contributed by atoms with E-state index >= 15 is 0 Å². The minimum Gasteiger partial charge on any atom is -0.369 e. The summed E-state index contributed by atoms with van der Waals surface area (Å²) in [6, 6.07) is 7.59. The van der Waals surface area contributed by atoms with E-state index in [2.05, 4.69) is 35.0 Å². The van der Waals surface area contributed by atoms with Crippen molar-refractivity contribution in [2.45, 2.75) is 26.3 Å². The van der Waals surface area contributed by atoms with Crippen LogP contribution in [0.2, 0.25) is 5.02 Å². The summed E-state index contributed by atoms with van der Waals surface area (Å²) in [5.41, 5.74) is 7.07. The van der Waals surface area contributed by atoms with Gasteiger partial charge in [0.2, 0.25) is 5.91 Å². The van der Waals surface area contributed by atoms with Crippen LogP contribution >= 0.6 is 11.6 Å². The molecule has 1 aromatic rings. The van der Waals surface area contributed by atoms with Crippen molar-refractivity contribution in [3.63, 3.8) is 0 Å². The van der Waals surface area contributed by atoms with Crippen LogP contribution in [0.15, 0.2) is 24.3 Å². The lowest BCUT2D eigenvalue weighted by Gasteiger charge is -2.36. The number of benzene rings is 1. The number of hydrogen-bond donors (Lipinski definition) is 2. The van der Waals surface area contributed by atoms with Crippen molar-refractivity contribution in [1.82, 2.24) is 10.2 Å². The van der Waals surface area contributed by atoms with Crippen molar-refractivity contribution in [2.24, 2.45) is 11.7 Å². The number of nitrogens with one attached hydrogen (secondary N) is 1. The molecular weight excluding hydrogens is 324 g/mol. The van der Waals surface area contributed by atoms with Crippen molar-refractivity contribution in [3.8, 4) is 0 Å². The molecule has 1 aliphatic heterocycles. The molecule has 1 atom stereocenters. The molecular formula is C18H29ClN4O. The van der Waals surface area contributed by atoms with Gasteiger partial charge in [-0.1, -0.05) is 31.5 Å². The molecule has 0 aliphatic carbocycles. The third kappa shape index (κ3) is 5.96. The van der Waals surface area contributed by atoms with Crippen LogP contribution in [0.4, 0.5) is 5.69 Å². The molecule has 1 aliphatic rings. The van der Waals surface area contributed by atoms with Crippen LogP contribution in [-0.2, 0) is 4.79 Å². The lowest BCUT2D eigenvalue weighted by Crippen LogP contribution is -2.49. The van der Waals surface area contributed by atoms with Gasteiger partial charge in [-0.25, -0.2) is 0 Å². The summed E-state index contributed by atoms with van der Waals surface area (Å²) in [5.74, 6) is 0.395. The second-order valence-electron chi connectivity index (χ2n) is 6.84. The highest BCUT2D eigenvalue weighted by Crippen LogP contribution is 2.20. The number of anilines is 1. The van der Waals surface area contributed by atoms with Crippen LogP contribution in [-0.4, -0.2) is 56.1 Å². The number of amides is 1. The zero-order chi connectivity index (χ0) is 17.5. The Morgan fingerprint density at radius 1 is 1.29 bits per heavy atom. The number of nitrogens with zero attached hydrogens (tertiary/aromatic N) is 2. The molecule has 3 N–H and O–H groups in total. The maximum Gasteiger partial charge on any atom is 0.236 e. The van der Waals surface area contributed by atoms with Crippen LogP contribution in [0, 0.1) is 5.92 Å². The van der Waals surface area contributed by atoms with Gasteiger partial charge in [-0.15, -0.1) is 0 Å². The van der Waals surface area contributed by atoms with Crippen LogP contribution in [0.25, 0.3) is 0 Å². The molecule has 1 aromatic carbocycles. The SMILES string of the molecule is CC(C)C[C@H](N)C(=O)NCCN1CCN(c2cccc(Cl)c2)CC1. The molecule has 24 heavy (non-hydrogen) atoms. The van der Waals surface area contributed by atoms with E-state index in [9.17, 15) is 4.79 Å². The normalized spacial score (nSPS) is 17.1. The van der Waals surface area contributed by atoms with E-state index in [0.29, 0.717) is 12.5 Å². The smallest absolute Gasteiger partial charge is 0.236 e. The molecule has 0 bridgehead atoms. The molecule has 1 fully saturated rings. The van der Waals surface area contributed by atoms with E-state index < -0.39 is 6.04 Å². The van der Waals surface area contributed by atoms with Gasteiger partial charge in [0.1, 0.15) is 0 Å². The van der Waals surface area contributed by atoms with Gasteiger partial charge < -0.3 is 16.0 Å². The Morgan fingerprint density at radius 3 is 2.62 bits per heavy atom. The fourth-order valence-electron chi connectivity index (χ4n) is 2.99. The number of rotatable bonds is 7. The third-order valence-electron chi connectivity index (χ3n) is 4.34. The topological polar surface area (TPSA) is 61.6 Å². The minimum atomic E-state index is -0.398. The molecule has 1 amide bonds.